The highest BCUT2D eigenvalue weighted by Gasteiger charge is 2.18. The number of nitrogens with two attached hydrogens (primary N) is 1. The summed E-state index contributed by atoms with van der Waals surface area (Å²) in [5, 5.41) is 7.45. The fraction of sp³-hybridized carbons (Fsp3) is 0.231. The third kappa shape index (κ3) is 2.59. The van der Waals surface area contributed by atoms with Gasteiger partial charge in [-0.15, -0.1) is 0 Å². The van der Waals surface area contributed by atoms with Crippen LogP contribution in [-0.4, -0.2) is 15.7 Å². The van der Waals surface area contributed by atoms with Gasteiger partial charge in [0.15, 0.2) is 0 Å². The Labute approximate surface area is 126 Å². The van der Waals surface area contributed by atoms with Gasteiger partial charge in [0.05, 0.1) is 32.7 Å². The van der Waals surface area contributed by atoms with E-state index in [0.717, 1.165) is 11.4 Å². The number of carbonyl (C=O) groups excluding carboxylic acids is 1. The van der Waals surface area contributed by atoms with Gasteiger partial charge >= 0.3 is 0 Å². The van der Waals surface area contributed by atoms with Crippen molar-refractivity contribution >= 4 is 40.5 Å². The molecule has 20 heavy (non-hydrogen) atoms. The highest BCUT2D eigenvalue weighted by molar-refractivity contribution is 6.44. The Hall–Kier alpha value is -1.72. The van der Waals surface area contributed by atoms with Gasteiger partial charge in [0.2, 0.25) is 0 Å². The van der Waals surface area contributed by atoms with E-state index >= 15 is 0 Å². The summed E-state index contributed by atoms with van der Waals surface area (Å²) in [6.45, 7) is 3.68. The number of amides is 1. The Morgan fingerprint density at radius 3 is 2.55 bits per heavy atom. The second kappa shape index (κ2) is 5.34. The number of aromatic nitrogens is 2. The van der Waals surface area contributed by atoms with Gasteiger partial charge in [-0.2, -0.15) is 5.10 Å². The first-order valence-corrected chi connectivity index (χ1v) is 6.63. The number of benzene rings is 1. The van der Waals surface area contributed by atoms with Gasteiger partial charge in [0.25, 0.3) is 5.91 Å². The first-order chi connectivity index (χ1) is 9.31. The lowest BCUT2D eigenvalue weighted by atomic mass is 10.1. The molecule has 1 aromatic heterocycles. The summed E-state index contributed by atoms with van der Waals surface area (Å²) < 4.78 is 1.69. The molecule has 0 bridgehead atoms. The summed E-state index contributed by atoms with van der Waals surface area (Å²) in [6, 6.07) is 2.99. The molecule has 7 heteroatoms. The second-order valence-electron chi connectivity index (χ2n) is 4.49. The van der Waals surface area contributed by atoms with E-state index in [0.29, 0.717) is 11.4 Å². The lowest BCUT2D eigenvalue weighted by Crippen LogP contribution is -2.14. The van der Waals surface area contributed by atoms with Crippen molar-refractivity contribution in [3.63, 3.8) is 0 Å². The van der Waals surface area contributed by atoms with Crippen LogP contribution in [0.1, 0.15) is 21.7 Å². The summed E-state index contributed by atoms with van der Waals surface area (Å²) in [6.07, 6.45) is 0. The van der Waals surface area contributed by atoms with E-state index in [1.54, 1.807) is 4.68 Å². The molecular formula is C13H14Cl2N4O. The van der Waals surface area contributed by atoms with Crippen LogP contribution < -0.4 is 11.1 Å². The molecule has 0 radical (unpaired) electrons. The van der Waals surface area contributed by atoms with Crippen molar-refractivity contribution in [2.24, 2.45) is 7.05 Å². The van der Waals surface area contributed by atoms with Crippen LogP contribution in [0.4, 0.5) is 11.4 Å². The van der Waals surface area contributed by atoms with Crippen molar-refractivity contribution in [1.29, 1.82) is 0 Å². The van der Waals surface area contributed by atoms with Crippen LogP contribution >= 0.6 is 23.2 Å². The van der Waals surface area contributed by atoms with Crippen LogP contribution in [0.25, 0.3) is 0 Å². The van der Waals surface area contributed by atoms with Crippen LogP contribution in [0, 0.1) is 13.8 Å². The molecule has 0 aliphatic carbocycles. The van der Waals surface area contributed by atoms with Crippen molar-refractivity contribution in [2.45, 2.75) is 13.8 Å². The monoisotopic (exact) mass is 312 g/mol. The van der Waals surface area contributed by atoms with Gasteiger partial charge in [-0.1, -0.05) is 23.2 Å². The maximum Gasteiger partial charge on any atom is 0.257 e. The van der Waals surface area contributed by atoms with Crippen molar-refractivity contribution in [2.75, 3.05) is 11.1 Å². The zero-order valence-electron chi connectivity index (χ0n) is 11.3. The SMILES string of the molecule is Cc1nn(C)c(C)c1NC(=O)c1cc(N)cc(Cl)c1Cl. The third-order valence-corrected chi connectivity index (χ3v) is 3.84. The van der Waals surface area contributed by atoms with Crippen LogP contribution in [0.15, 0.2) is 12.1 Å². The zero-order chi connectivity index (χ0) is 15.0. The zero-order valence-corrected chi connectivity index (χ0v) is 12.8. The smallest absolute Gasteiger partial charge is 0.257 e. The molecular weight excluding hydrogens is 299 g/mol. The average molecular weight is 313 g/mol. The molecule has 0 saturated carbocycles. The van der Waals surface area contributed by atoms with Crippen LogP contribution in [0.3, 0.4) is 0 Å². The summed E-state index contributed by atoms with van der Waals surface area (Å²) in [4.78, 5) is 12.3. The number of rotatable bonds is 2. The summed E-state index contributed by atoms with van der Waals surface area (Å²) >= 11 is 12.0. The van der Waals surface area contributed by atoms with E-state index in [9.17, 15) is 4.79 Å². The van der Waals surface area contributed by atoms with Crippen LogP contribution in [-0.2, 0) is 7.05 Å². The number of aryl methyl sites for hydroxylation is 2. The quantitative estimate of drug-likeness (QED) is 0.836. The van der Waals surface area contributed by atoms with E-state index in [-0.39, 0.29) is 21.5 Å². The molecule has 0 unspecified atom stereocenters. The minimum Gasteiger partial charge on any atom is -0.399 e. The van der Waals surface area contributed by atoms with E-state index in [4.69, 9.17) is 28.9 Å². The maximum absolute atomic E-state index is 12.3. The van der Waals surface area contributed by atoms with Crippen LogP contribution in [0.2, 0.25) is 10.0 Å². The van der Waals surface area contributed by atoms with Gasteiger partial charge in [0, 0.05) is 12.7 Å². The molecule has 0 fully saturated rings. The number of nitrogens with one attached hydrogen (secondary N) is 1. The van der Waals surface area contributed by atoms with Gasteiger partial charge in [0.1, 0.15) is 0 Å². The number of nitrogen functional groups attached to an aromatic ring is 1. The number of carbonyl (C=O) groups is 1. The number of anilines is 2. The topological polar surface area (TPSA) is 72.9 Å². The molecule has 0 saturated heterocycles. The largest absolute Gasteiger partial charge is 0.399 e. The van der Waals surface area contributed by atoms with Crippen molar-refractivity contribution in [3.05, 3.63) is 39.1 Å². The number of hydrogen-bond donors (Lipinski definition) is 2. The Morgan fingerprint density at radius 2 is 2.00 bits per heavy atom. The lowest BCUT2D eigenvalue weighted by Gasteiger charge is -2.09. The summed E-state index contributed by atoms with van der Waals surface area (Å²) in [5.74, 6) is -0.372. The van der Waals surface area contributed by atoms with E-state index in [1.807, 2.05) is 20.9 Å². The molecule has 0 aliphatic rings. The minimum absolute atomic E-state index is 0.178. The third-order valence-electron chi connectivity index (χ3n) is 3.04. The van der Waals surface area contributed by atoms with Gasteiger partial charge in [-0.25, -0.2) is 0 Å². The van der Waals surface area contributed by atoms with Crippen molar-refractivity contribution < 1.29 is 4.79 Å². The second-order valence-corrected chi connectivity index (χ2v) is 5.27. The van der Waals surface area contributed by atoms with E-state index in [2.05, 4.69) is 10.4 Å². The first kappa shape index (κ1) is 14.7. The number of nitrogens with zero attached hydrogens (tertiary/aromatic N) is 2. The van der Waals surface area contributed by atoms with Crippen molar-refractivity contribution in [3.8, 4) is 0 Å². The standard InChI is InChI=1S/C13H14Cl2N4O/c1-6-12(7(2)19(3)18-6)17-13(20)9-4-8(16)5-10(14)11(9)15/h4-5H,16H2,1-3H3,(H,17,20). The van der Waals surface area contributed by atoms with Crippen molar-refractivity contribution in [1.82, 2.24) is 9.78 Å². The summed E-state index contributed by atoms with van der Waals surface area (Å²) in [7, 11) is 1.81. The fourth-order valence-electron chi connectivity index (χ4n) is 1.91. The molecule has 2 rings (SSSR count). The highest BCUT2D eigenvalue weighted by Crippen LogP contribution is 2.30. The Balaban J connectivity index is 2.38. The maximum atomic E-state index is 12.3. The molecule has 1 heterocycles. The molecule has 3 N–H and O–H groups in total. The highest BCUT2D eigenvalue weighted by atomic mass is 35.5. The molecule has 2 aromatic rings. The predicted octanol–water partition coefficient (Wildman–Crippen LogP) is 3.18. The molecule has 1 aromatic carbocycles. The van der Waals surface area contributed by atoms with Gasteiger partial charge < -0.3 is 11.1 Å². The number of halogens is 2. The van der Waals surface area contributed by atoms with E-state index in [1.165, 1.54) is 12.1 Å². The molecule has 1 amide bonds. The van der Waals surface area contributed by atoms with Gasteiger partial charge in [-0.05, 0) is 26.0 Å². The normalized spacial score (nSPS) is 10.7. The van der Waals surface area contributed by atoms with Crippen LogP contribution in [0.5, 0.6) is 0 Å². The average Bonchev–Trinajstić information content (AvgIpc) is 2.60. The molecule has 0 spiro atoms. The predicted molar refractivity (Wildman–Crippen MR) is 81.5 cm³/mol. The van der Waals surface area contributed by atoms with Gasteiger partial charge in [-0.3, -0.25) is 9.48 Å². The Morgan fingerprint density at radius 1 is 1.35 bits per heavy atom. The minimum atomic E-state index is -0.372. The first-order valence-electron chi connectivity index (χ1n) is 5.87. The molecule has 106 valence electrons. The molecule has 5 nitrogen and oxygen atoms in total. The lowest BCUT2D eigenvalue weighted by molar-refractivity contribution is 0.102. The van der Waals surface area contributed by atoms with E-state index < -0.39 is 0 Å². The Bertz CT molecular complexity index is 694. The Kier molecular flexibility index (Phi) is 3.92. The molecule has 0 atom stereocenters. The summed E-state index contributed by atoms with van der Waals surface area (Å²) in [5.41, 5.74) is 8.53. The fourth-order valence-corrected chi connectivity index (χ4v) is 2.33. The molecule has 0 aliphatic heterocycles. The number of hydrogen-bond acceptors (Lipinski definition) is 3.